The molecule has 1 aliphatic carbocycles. The van der Waals surface area contributed by atoms with Crippen molar-refractivity contribution in [1.29, 1.82) is 0 Å². The van der Waals surface area contributed by atoms with Crippen LogP contribution in [0.1, 0.15) is 34.8 Å². The molecular formula is C29H32N6O3. The highest BCUT2D eigenvalue weighted by Gasteiger charge is 2.59. The first kappa shape index (κ1) is 25.4. The molecule has 2 aromatic rings. The number of benzene rings is 2. The summed E-state index contributed by atoms with van der Waals surface area (Å²) in [5.41, 5.74) is 3.68. The molecule has 196 valence electrons. The number of amides is 4. The number of hydrogen-bond donors (Lipinski definition) is 3. The lowest BCUT2D eigenvalue weighted by Crippen LogP contribution is -2.49. The monoisotopic (exact) mass is 512 g/mol. The third kappa shape index (κ3) is 4.97. The summed E-state index contributed by atoms with van der Waals surface area (Å²) in [4.78, 5) is 46.9. The van der Waals surface area contributed by atoms with Crippen molar-refractivity contribution in [3.63, 3.8) is 0 Å². The molecule has 2 heterocycles. The zero-order valence-corrected chi connectivity index (χ0v) is 21.7. The van der Waals surface area contributed by atoms with E-state index in [2.05, 4.69) is 32.4 Å². The van der Waals surface area contributed by atoms with Crippen LogP contribution in [0.2, 0.25) is 0 Å². The van der Waals surface area contributed by atoms with Crippen LogP contribution in [-0.4, -0.2) is 72.7 Å². The number of aliphatic imine (C=N–C) groups is 1. The van der Waals surface area contributed by atoms with Crippen LogP contribution < -0.4 is 16.0 Å². The summed E-state index contributed by atoms with van der Waals surface area (Å²) in [7, 11) is 3.98. The second-order valence-corrected chi connectivity index (χ2v) is 10.1. The van der Waals surface area contributed by atoms with E-state index in [1.807, 2.05) is 49.3 Å². The van der Waals surface area contributed by atoms with Gasteiger partial charge < -0.3 is 25.8 Å². The highest BCUT2D eigenvalue weighted by Crippen LogP contribution is 2.54. The lowest BCUT2D eigenvalue weighted by atomic mass is 10.0. The molecule has 4 amide bonds. The Bertz CT molecular complexity index is 1340. The van der Waals surface area contributed by atoms with Crippen molar-refractivity contribution in [3.8, 4) is 0 Å². The standard InChI is InChI=1S/C29H32N6O3/c1-4-25(36)31-21-12-8-11-20(15-21)27(37)33-26-22-17-35(29(13-14-29)23(22)16-30-26)28(38)32-24(18-34(2)3)19-9-6-5-7-10-19/h4-12,15,24H,1,13-14,16-18H2,2-3H3,(H,31,36)(H,32,38)(H,30,33,37)/t24-/m1/s1. The molecule has 9 nitrogen and oxygen atoms in total. The van der Waals surface area contributed by atoms with Crippen LogP contribution in [0.5, 0.6) is 0 Å². The van der Waals surface area contributed by atoms with Crippen molar-refractivity contribution >= 4 is 29.4 Å². The lowest BCUT2D eigenvalue weighted by Gasteiger charge is -2.31. The molecule has 3 aliphatic rings. The molecular weight excluding hydrogens is 480 g/mol. The molecule has 0 radical (unpaired) electrons. The number of nitrogens with zero attached hydrogens (tertiary/aromatic N) is 3. The molecule has 5 rings (SSSR count). The summed E-state index contributed by atoms with van der Waals surface area (Å²) < 4.78 is 0. The summed E-state index contributed by atoms with van der Waals surface area (Å²) in [6.45, 7) is 5.00. The van der Waals surface area contributed by atoms with E-state index in [1.54, 1.807) is 24.3 Å². The highest BCUT2D eigenvalue weighted by atomic mass is 16.2. The summed E-state index contributed by atoms with van der Waals surface area (Å²) in [6, 6.07) is 16.4. The third-order valence-electron chi connectivity index (χ3n) is 7.27. The number of carbonyl (C=O) groups excluding carboxylic acids is 3. The van der Waals surface area contributed by atoms with Crippen LogP contribution in [0.4, 0.5) is 10.5 Å². The van der Waals surface area contributed by atoms with E-state index in [1.165, 1.54) is 6.08 Å². The summed E-state index contributed by atoms with van der Waals surface area (Å²) in [6.07, 6.45) is 2.96. The first-order chi connectivity index (χ1) is 18.3. The molecule has 2 aliphatic heterocycles. The van der Waals surface area contributed by atoms with E-state index in [4.69, 9.17) is 0 Å². The van der Waals surface area contributed by atoms with Crippen molar-refractivity contribution < 1.29 is 14.4 Å². The first-order valence-corrected chi connectivity index (χ1v) is 12.7. The van der Waals surface area contributed by atoms with Crippen LogP contribution in [0, 0.1) is 0 Å². The molecule has 0 bridgehead atoms. The van der Waals surface area contributed by atoms with Gasteiger partial charge in [0.25, 0.3) is 5.91 Å². The van der Waals surface area contributed by atoms with Crippen LogP contribution in [-0.2, 0) is 4.79 Å². The van der Waals surface area contributed by atoms with Gasteiger partial charge in [0.05, 0.1) is 24.7 Å². The lowest BCUT2D eigenvalue weighted by molar-refractivity contribution is -0.111. The number of urea groups is 1. The minimum absolute atomic E-state index is 0.107. The number of likely N-dealkylation sites (N-methyl/N-ethyl adjacent to an activating group) is 1. The number of nitrogens with one attached hydrogen (secondary N) is 3. The normalized spacial score (nSPS) is 17.7. The van der Waals surface area contributed by atoms with Gasteiger partial charge in [0.2, 0.25) is 5.91 Å². The summed E-state index contributed by atoms with van der Waals surface area (Å²) in [5.74, 6) is -0.160. The van der Waals surface area contributed by atoms with E-state index in [0.717, 1.165) is 29.6 Å². The predicted octanol–water partition coefficient (Wildman–Crippen LogP) is 3.11. The maximum absolute atomic E-state index is 13.6. The molecule has 38 heavy (non-hydrogen) atoms. The highest BCUT2D eigenvalue weighted by molar-refractivity contribution is 6.15. The number of rotatable bonds is 7. The van der Waals surface area contributed by atoms with E-state index in [9.17, 15) is 14.4 Å². The second kappa shape index (κ2) is 10.3. The maximum Gasteiger partial charge on any atom is 0.318 e. The van der Waals surface area contributed by atoms with Crippen molar-refractivity contribution in [2.45, 2.75) is 24.4 Å². The fourth-order valence-corrected chi connectivity index (χ4v) is 5.26. The zero-order chi connectivity index (χ0) is 26.9. The third-order valence-corrected chi connectivity index (χ3v) is 7.27. The molecule has 0 unspecified atom stereocenters. The fraction of sp³-hybridized carbons (Fsp3) is 0.310. The molecule has 2 aromatic carbocycles. The molecule has 3 N–H and O–H groups in total. The van der Waals surface area contributed by atoms with Gasteiger partial charge in [0.1, 0.15) is 5.84 Å². The second-order valence-electron chi connectivity index (χ2n) is 10.1. The summed E-state index contributed by atoms with van der Waals surface area (Å²) >= 11 is 0. The van der Waals surface area contributed by atoms with E-state index < -0.39 is 0 Å². The maximum atomic E-state index is 13.6. The molecule has 1 atom stereocenters. The number of amidine groups is 1. The van der Waals surface area contributed by atoms with Gasteiger partial charge >= 0.3 is 6.03 Å². The number of fused-ring (bicyclic) bond motifs is 1. The van der Waals surface area contributed by atoms with Gasteiger partial charge in [-0.3, -0.25) is 14.6 Å². The van der Waals surface area contributed by atoms with Crippen molar-refractivity contribution in [3.05, 3.63) is 89.5 Å². The van der Waals surface area contributed by atoms with Gasteiger partial charge in [-0.15, -0.1) is 0 Å². The minimum atomic E-state index is -0.350. The van der Waals surface area contributed by atoms with Crippen molar-refractivity contribution in [2.24, 2.45) is 4.99 Å². The van der Waals surface area contributed by atoms with E-state index >= 15 is 0 Å². The quantitative estimate of drug-likeness (QED) is 0.496. The van der Waals surface area contributed by atoms with Crippen LogP contribution in [0.15, 0.2) is 83.4 Å². The Balaban J connectivity index is 1.28. The minimum Gasteiger partial charge on any atom is -0.330 e. The molecule has 0 saturated heterocycles. The van der Waals surface area contributed by atoms with E-state index in [-0.39, 0.29) is 29.4 Å². The van der Waals surface area contributed by atoms with E-state index in [0.29, 0.717) is 36.7 Å². The average molecular weight is 513 g/mol. The molecule has 0 aromatic heterocycles. The topological polar surface area (TPSA) is 106 Å². The Morgan fingerprint density at radius 2 is 1.87 bits per heavy atom. The number of hydrogen-bond acceptors (Lipinski definition) is 5. The van der Waals surface area contributed by atoms with Gasteiger partial charge in [-0.1, -0.05) is 43.0 Å². The van der Waals surface area contributed by atoms with Crippen LogP contribution >= 0.6 is 0 Å². The Hall–Kier alpha value is -4.24. The Morgan fingerprint density at radius 3 is 2.55 bits per heavy atom. The van der Waals surface area contributed by atoms with Gasteiger partial charge in [-0.2, -0.15) is 0 Å². The van der Waals surface area contributed by atoms with Gasteiger partial charge in [0.15, 0.2) is 0 Å². The van der Waals surface area contributed by atoms with Crippen LogP contribution in [0.3, 0.4) is 0 Å². The smallest absolute Gasteiger partial charge is 0.318 e. The van der Waals surface area contributed by atoms with Crippen molar-refractivity contribution in [1.82, 2.24) is 20.4 Å². The summed E-state index contributed by atoms with van der Waals surface area (Å²) in [5, 5.41) is 8.85. The Labute approximate surface area is 222 Å². The Kier molecular flexibility index (Phi) is 6.86. The molecule has 1 fully saturated rings. The largest absolute Gasteiger partial charge is 0.330 e. The van der Waals surface area contributed by atoms with Gasteiger partial charge in [-0.25, -0.2) is 4.79 Å². The zero-order valence-electron chi connectivity index (χ0n) is 21.7. The average Bonchev–Trinajstić information content (AvgIpc) is 3.51. The number of carbonyl (C=O) groups is 3. The Morgan fingerprint density at radius 1 is 1.11 bits per heavy atom. The van der Waals surface area contributed by atoms with Crippen molar-refractivity contribution in [2.75, 3.05) is 39.0 Å². The predicted molar refractivity (Wildman–Crippen MR) is 147 cm³/mol. The molecule has 1 spiro atoms. The fourth-order valence-electron chi connectivity index (χ4n) is 5.26. The van der Waals surface area contributed by atoms with Crippen LogP contribution in [0.25, 0.3) is 0 Å². The van der Waals surface area contributed by atoms with Gasteiger partial charge in [-0.05, 0) is 62.3 Å². The molecule has 1 saturated carbocycles. The molecule has 9 heteroatoms. The SMILES string of the molecule is C=CC(=O)Nc1cccc(C(=O)NC2=NCC3=C2CN(C(=O)N[C@H](CN(C)C)c2ccccc2)C32CC2)c1. The number of anilines is 1. The first-order valence-electron chi connectivity index (χ1n) is 12.7. The van der Waals surface area contributed by atoms with Gasteiger partial charge in [0, 0.05) is 23.4 Å².